The lowest BCUT2D eigenvalue weighted by Gasteiger charge is -2.31. The lowest BCUT2D eigenvalue weighted by Crippen LogP contribution is -2.36. The average Bonchev–Trinajstić information content (AvgIpc) is 2.78. The van der Waals surface area contributed by atoms with Crippen LogP contribution in [0.1, 0.15) is 52.8 Å². The first-order valence-electron chi connectivity index (χ1n) is 7.03. The average molecular weight is 251 g/mol. The van der Waals surface area contributed by atoms with Gasteiger partial charge in [0.1, 0.15) is 0 Å². The molecule has 0 saturated carbocycles. The van der Waals surface area contributed by atoms with Crippen molar-refractivity contribution < 1.29 is 0 Å². The van der Waals surface area contributed by atoms with Gasteiger partial charge in [0.2, 0.25) is 0 Å². The van der Waals surface area contributed by atoms with Crippen LogP contribution in [0.5, 0.6) is 0 Å². The molecule has 18 heavy (non-hydrogen) atoms. The summed E-state index contributed by atoms with van der Waals surface area (Å²) in [5.74, 6) is 1.79. The summed E-state index contributed by atoms with van der Waals surface area (Å²) in [7, 11) is 0. The molecular formula is C13H25N5. The zero-order valence-electron chi connectivity index (χ0n) is 12.1. The Balaban J connectivity index is 2.08. The van der Waals surface area contributed by atoms with Crippen LogP contribution in [0.3, 0.4) is 0 Å². The van der Waals surface area contributed by atoms with E-state index in [1.165, 1.54) is 25.9 Å². The summed E-state index contributed by atoms with van der Waals surface area (Å²) in [5, 5.41) is 12.2. The molecular weight excluding hydrogens is 226 g/mol. The van der Waals surface area contributed by atoms with E-state index in [1.807, 2.05) is 4.68 Å². The van der Waals surface area contributed by atoms with Crippen LogP contribution in [-0.4, -0.2) is 38.2 Å². The topological polar surface area (TPSA) is 46.8 Å². The third-order valence-electron chi connectivity index (χ3n) is 4.08. The molecule has 1 aliphatic rings. The summed E-state index contributed by atoms with van der Waals surface area (Å²) in [6, 6.07) is 0. The first-order valence-corrected chi connectivity index (χ1v) is 7.03. The summed E-state index contributed by atoms with van der Waals surface area (Å²) < 4.78 is 1.99. The van der Waals surface area contributed by atoms with E-state index in [1.54, 1.807) is 0 Å². The normalized spacial score (nSPS) is 22.3. The van der Waals surface area contributed by atoms with Crippen molar-refractivity contribution in [2.45, 2.75) is 59.0 Å². The fourth-order valence-electron chi connectivity index (χ4n) is 2.55. The fraction of sp³-hybridized carbons (Fsp3) is 0.923. The van der Waals surface area contributed by atoms with Crippen LogP contribution in [0.2, 0.25) is 0 Å². The molecule has 5 heteroatoms. The van der Waals surface area contributed by atoms with Crippen molar-refractivity contribution in [3.8, 4) is 0 Å². The van der Waals surface area contributed by atoms with Gasteiger partial charge in [-0.05, 0) is 56.0 Å². The first kappa shape index (κ1) is 13.5. The lowest BCUT2D eigenvalue weighted by atomic mass is 10.00. The summed E-state index contributed by atoms with van der Waals surface area (Å²) >= 11 is 0. The summed E-state index contributed by atoms with van der Waals surface area (Å²) in [5.41, 5.74) is 0.000234. The van der Waals surface area contributed by atoms with Gasteiger partial charge in [-0.25, -0.2) is 4.68 Å². The monoisotopic (exact) mass is 251 g/mol. The molecule has 0 aliphatic carbocycles. The van der Waals surface area contributed by atoms with Gasteiger partial charge in [-0.3, -0.25) is 4.90 Å². The number of rotatable bonds is 4. The van der Waals surface area contributed by atoms with E-state index in [2.05, 4.69) is 48.1 Å². The number of hydrogen-bond donors (Lipinski definition) is 0. The van der Waals surface area contributed by atoms with Gasteiger partial charge in [-0.2, -0.15) is 0 Å². The second-order valence-electron chi connectivity index (χ2n) is 6.16. The van der Waals surface area contributed by atoms with Crippen molar-refractivity contribution in [3.05, 3.63) is 5.82 Å². The minimum atomic E-state index is 0.000234. The van der Waals surface area contributed by atoms with Crippen molar-refractivity contribution in [2.75, 3.05) is 13.1 Å². The smallest absolute Gasteiger partial charge is 0.165 e. The minimum Gasteiger partial charge on any atom is -0.296 e. The molecule has 1 saturated heterocycles. The molecule has 2 rings (SSSR count). The molecule has 0 bridgehead atoms. The Labute approximate surface area is 110 Å². The second kappa shape index (κ2) is 5.34. The van der Waals surface area contributed by atoms with Crippen LogP contribution in [-0.2, 0) is 12.1 Å². The van der Waals surface area contributed by atoms with Gasteiger partial charge in [-0.15, -0.1) is 5.10 Å². The molecule has 5 nitrogen and oxygen atoms in total. The van der Waals surface area contributed by atoms with Crippen molar-refractivity contribution in [1.29, 1.82) is 0 Å². The minimum absolute atomic E-state index is 0.000234. The molecule has 0 N–H and O–H groups in total. The Hall–Kier alpha value is -0.970. The van der Waals surface area contributed by atoms with Crippen molar-refractivity contribution in [2.24, 2.45) is 5.92 Å². The van der Waals surface area contributed by atoms with Crippen molar-refractivity contribution >= 4 is 0 Å². The van der Waals surface area contributed by atoms with Gasteiger partial charge in [-0.1, -0.05) is 13.8 Å². The number of tetrazole rings is 1. The van der Waals surface area contributed by atoms with E-state index in [4.69, 9.17) is 0 Å². The van der Waals surface area contributed by atoms with Crippen LogP contribution >= 0.6 is 0 Å². The first-order chi connectivity index (χ1) is 8.53. The zero-order valence-corrected chi connectivity index (χ0v) is 12.1. The van der Waals surface area contributed by atoms with Crippen LogP contribution < -0.4 is 0 Å². The fourth-order valence-corrected chi connectivity index (χ4v) is 2.55. The molecule has 1 aromatic heterocycles. The largest absolute Gasteiger partial charge is 0.296 e. The van der Waals surface area contributed by atoms with Gasteiger partial charge in [0.25, 0.3) is 0 Å². The number of likely N-dealkylation sites (tertiary alicyclic amines) is 1. The van der Waals surface area contributed by atoms with Gasteiger partial charge in [0, 0.05) is 6.54 Å². The lowest BCUT2D eigenvalue weighted by molar-refractivity contribution is 0.164. The van der Waals surface area contributed by atoms with Gasteiger partial charge >= 0.3 is 0 Å². The highest BCUT2D eigenvalue weighted by atomic mass is 15.6. The van der Waals surface area contributed by atoms with Crippen LogP contribution in [0, 0.1) is 5.92 Å². The predicted molar refractivity (Wildman–Crippen MR) is 71.1 cm³/mol. The molecule has 1 aliphatic heterocycles. The molecule has 0 radical (unpaired) electrons. The quantitative estimate of drug-likeness (QED) is 0.821. The summed E-state index contributed by atoms with van der Waals surface area (Å²) in [4.78, 5) is 2.47. The molecule has 2 heterocycles. The Morgan fingerprint density at radius 1 is 1.39 bits per heavy atom. The predicted octanol–water partition coefficient (Wildman–Crippen LogP) is 2.05. The Bertz CT molecular complexity index is 384. The third-order valence-corrected chi connectivity index (χ3v) is 4.08. The molecule has 1 fully saturated rings. The van der Waals surface area contributed by atoms with Crippen molar-refractivity contribution in [1.82, 2.24) is 25.1 Å². The van der Waals surface area contributed by atoms with Gasteiger partial charge in [0.05, 0.1) is 12.1 Å². The van der Waals surface area contributed by atoms with E-state index in [0.29, 0.717) is 0 Å². The molecule has 1 aromatic rings. The van der Waals surface area contributed by atoms with E-state index >= 15 is 0 Å². The number of aromatic nitrogens is 4. The molecule has 0 amide bonds. The van der Waals surface area contributed by atoms with E-state index in [0.717, 1.165) is 24.7 Å². The van der Waals surface area contributed by atoms with Gasteiger partial charge in [0.15, 0.2) is 5.82 Å². The molecule has 1 atom stereocenters. The SMILES string of the molecule is CCC(C)(C)n1nnnc1CN1CCC[C@H](C)C1. The maximum absolute atomic E-state index is 4.21. The highest BCUT2D eigenvalue weighted by Crippen LogP contribution is 2.21. The van der Waals surface area contributed by atoms with E-state index < -0.39 is 0 Å². The standard InChI is InChI=1S/C13H25N5/c1-5-13(3,4)18-12(14-15-16-18)10-17-8-6-7-11(2)9-17/h11H,5-10H2,1-4H3/t11-/m0/s1. The third kappa shape index (κ3) is 2.88. The van der Waals surface area contributed by atoms with Crippen LogP contribution in [0.25, 0.3) is 0 Å². The van der Waals surface area contributed by atoms with E-state index in [-0.39, 0.29) is 5.54 Å². The number of nitrogens with zero attached hydrogens (tertiary/aromatic N) is 5. The van der Waals surface area contributed by atoms with Gasteiger partial charge < -0.3 is 0 Å². The highest BCUT2D eigenvalue weighted by molar-refractivity contribution is 4.89. The number of hydrogen-bond acceptors (Lipinski definition) is 4. The van der Waals surface area contributed by atoms with Crippen LogP contribution in [0.15, 0.2) is 0 Å². The van der Waals surface area contributed by atoms with E-state index in [9.17, 15) is 0 Å². The maximum Gasteiger partial charge on any atom is 0.165 e. The second-order valence-corrected chi connectivity index (χ2v) is 6.16. The Morgan fingerprint density at radius 2 is 2.17 bits per heavy atom. The maximum atomic E-state index is 4.21. The molecule has 102 valence electrons. The highest BCUT2D eigenvalue weighted by Gasteiger charge is 2.25. The zero-order chi connectivity index (χ0) is 13.2. The molecule has 0 spiro atoms. The molecule has 0 aromatic carbocycles. The number of piperidine rings is 1. The van der Waals surface area contributed by atoms with Crippen LogP contribution in [0.4, 0.5) is 0 Å². The van der Waals surface area contributed by atoms with Crippen molar-refractivity contribution in [3.63, 3.8) is 0 Å². The summed E-state index contributed by atoms with van der Waals surface area (Å²) in [6.45, 7) is 12.1. The Kier molecular flexibility index (Phi) is 4.00. The molecule has 0 unspecified atom stereocenters. The Morgan fingerprint density at radius 3 is 2.83 bits per heavy atom. The summed E-state index contributed by atoms with van der Waals surface area (Å²) in [6.07, 6.45) is 3.67.